The second-order valence-corrected chi connectivity index (χ2v) is 8.05. The number of halogens is 7. The minimum atomic E-state index is -4.34. The highest BCUT2D eigenvalue weighted by Gasteiger charge is 2.29. The van der Waals surface area contributed by atoms with E-state index in [9.17, 15) is 26.3 Å². The first kappa shape index (κ1) is 27.1. The number of rotatable bonds is 8. The summed E-state index contributed by atoms with van der Waals surface area (Å²) in [5.41, 5.74) is -7.26. The van der Waals surface area contributed by atoms with Gasteiger partial charge in [0.25, 0.3) is 0 Å². The van der Waals surface area contributed by atoms with Crippen molar-refractivity contribution in [2.45, 2.75) is 20.8 Å². The molecule has 0 fully saturated rings. The molecule has 168 valence electrons. The lowest BCUT2D eigenvalue weighted by atomic mass is 10.2. The maximum absolute atomic E-state index is 12.3. The number of thioether (sulfide) groups is 2. The Morgan fingerprint density at radius 2 is 1.03 bits per heavy atom. The first-order chi connectivity index (χ1) is 14.0. The number of hydrogen-bond donors (Lipinski definition) is 1. The number of benzene rings is 2. The fourth-order valence-corrected chi connectivity index (χ4v) is 3.16. The van der Waals surface area contributed by atoms with Gasteiger partial charge in [-0.2, -0.15) is 26.3 Å². The lowest BCUT2D eigenvalue weighted by Gasteiger charge is -2.05. The summed E-state index contributed by atoms with van der Waals surface area (Å²) >= 11 is -0.394. The van der Waals surface area contributed by atoms with E-state index in [4.69, 9.17) is 5.41 Å². The van der Waals surface area contributed by atoms with Crippen molar-refractivity contribution in [1.82, 2.24) is 0 Å². The van der Waals surface area contributed by atoms with E-state index in [1.807, 2.05) is 0 Å². The van der Waals surface area contributed by atoms with Crippen LogP contribution < -0.4 is 0 Å². The number of alkyl halides is 6. The molecule has 0 radical (unpaired) electrons. The van der Waals surface area contributed by atoms with Gasteiger partial charge in [0.05, 0.1) is 18.8 Å². The molecule has 0 bridgehead atoms. The molecule has 0 amide bonds. The van der Waals surface area contributed by atoms with E-state index >= 15 is 0 Å². The molecule has 0 aliphatic rings. The van der Waals surface area contributed by atoms with Crippen molar-refractivity contribution < 1.29 is 26.3 Å². The lowest BCUT2D eigenvalue weighted by molar-refractivity contribution is -0.0337. The maximum atomic E-state index is 12.3. The first-order valence-corrected chi connectivity index (χ1v) is 9.91. The summed E-state index contributed by atoms with van der Waals surface area (Å²) in [5.74, 6) is 0. The topological polar surface area (TPSA) is 48.6 Å². The van der Waals surface area contributed by atoms with Crippen molar-refractivity contribution in [2.75, 3.05) is 13.1 Å². The van der Waals surface area contributed by atoms with Crippen LogP contribution in [0.3, 0.4) is 0 Å². The molecule has 0 atom stereocenters. The predicted octanol–water partition coefficient (Wildman–Crippen LogP) is 6.89. The summed E-state index contributed by atoms with van der Waals surface area (Å²) in [5, 5.41) is 7.80. The average molecular weight is 500 g/mol. The number of nitrogens with one attached hydrogen (secondary N) is 1. The van der Waals surface area contributed by atoms with Crippen molar-refractivity contribution in [3.8, 4) is 0 Å². The van der Waals surface area contributed by atoms with Crippen LogP contribution in [0.25, 0.3) is 0 Å². The van der Waals surface area contributed by atoms with Crippen LogP contribution in [0.1, 0.15) is 11.1 Å². The quantitative estimate of drug-likeness (QED) is 0.244. The van der Waals surface area contributed by atoms with E-state index in [0.717, 1.165) is 0 Å². The molecular weight excluding hydrogens is 484 g/mol. The zero-order valence-corrected chi connectivity index (χ0v) is 18.0. The molecule has 31 heavy (non-hydrogen) atoms. The number of hydrogen-bond acceptors (Lipinski definition) is 5. The van der Waals surface area contributed by atoms with Gasteiger partial charge < -0.3 is 5.41 Å². The number of nitrogens with zero attached hydrogens (tertiary/aromatic N) is 2. The number of aliphatic imine (C=N–C) groups is 2. The second-order valence-electron chi connectivity index (χ2n) is 5.78. The first-order valence-electron chi connectivity index (χ1n) is 8.28. The Morgan fingerprint density at radius 3 is 1.32 bits per heavy atom. The van der Waals surface area contributed by atoms with Gasteiger partial charge in [0, 0.05) is 22.2 Å². The molecule has 0 saturated heterocycles. The van der Waals surface area contributed by atoms with Crippen molar-refractivity contribution in [3.05, 3.63) is 59.7 Å². The molecule has 1 N–H and O–H groups in total. The van der Waals surface area contributed by atoms with Gasteiger partial charge >= 0.3 is 11.0 Å². The van der Waals surface area contributed by atoms with Gasteiger partial charge in [-0.25, -0.2) is 0 Å². The van der Waals surface area contributed by atoms with E-state index in [0.29, 0.717) is 11.1 Å². The van der Waals surface area contributed by atoms with Gasteiger partial charge in [0.15, 0.2) is 0 Å². The van der Waals surface area contributed by atoms with E-state index < -0.39 is 11.0 Å². The SMILES string of the molecule is Cl.N=C(CN=Cc1ccc(SC(F)(F)F)cc1)CN=Cc1ccc(SC(F)(F)F)cc1. The van der Waals surface area contributed by atoms with Gasteiger partial charge in [-0.15, -0.1) is 12.4 Å². The van der Waals surface area contributed by atoms with Gasteiger partial charge in [0.2, 0.25) is 0 Å². The lowest BCUT2D eigenvalue weighted by Crippen LogP contribution is -2.06. The fourth-order valence-electron chi connectivity index (χ4n) is 2.08. The summed E-state index contributed by atoms with van der Waals surface area (Å²) < 4.78 is 73.7. The molecule has 0 spiro atoms. The molecular formula is C19H16ClF6N3S2. The maximum Gasteiger partial charge on any atom is 0.446 e. The largest absolute Gasteiger partial charge is 0.446 e. The Bertz CT molecular complexity index is 821. The van der Waals surface area contributed by atoms with E-state index in [2.05, 4.69) is 9.98 Å². The van der Waals surface area contributed by atoms with Crippen LogP contribution in [0.2, 0.25) is 0 Å². The smallest absolute Gasteiger partial charge is 0.306 e. The van der Waals surface area contributed by atoms with Gasteiger partial charge in [0.1, 0.15) is 0 Å². The summed E-state index contributed by atoms with van der Waals surface area (Å²) in [4.78, 5) is 8.26. The van der Waals surface area contributed by atoms with Crippen LogP contribution in [0, 0.1) is 5.41 Å². The van der Waals surface area contributed by atoms with Crippen molar-refractivity contribution >= 4 is 54.1 Å². The van der Waals surface area contributed by atoms with Crippen LogP contribution >= 0.6 is 35.9 Å². The van der Waals surface area contributed by atoms with Crippen LogP contribution in [0.4, 0.5) is 26.3 Å². The average Bonchev–Trinajstić information content (AvgIpc) is 2.62. The molecule has 2 aromatic rings. The van der Waals surface area contributed by atoms with E-state index in [1.54, 1.807) is 0 Å². The highest BCUT2D eigenvalue weighted by Crippen LogP contribution is 2.37. The van der Waals surface area contributed by atoms with Gasteiger partial charge in [-0.1, -0.05) is 24.3 Å². The Hall–Kier alpha value is -1.98. The molecule has 3 nitrogen and oxygen atoms in total. The van der Waals surface area contributed by atoms with Gasteiger partial charge in [-0.05, 0) is 58.9 Å². The minimum absolute atomic E-state index is 0. The van der Waals surface area contributed by atoms with Crippen LogP contribution in [0.15, 0.2) is 68.3 Å². The van der Waals surface area contributed by atoms with Gasteiger partial charge in [-0.3, -0.25) is 9.98 Å². The zero-order valence-electron chi connectivity index (χ0n) is 15.6. The van der Waals surface area contributed by atoms with E-state index in [1.165, 1.54) is 61.0 Å². The molecule has 0 aliphatic carbocycles. The van der Waals surface area contributed by atoms with Crippen molar-refractivity contribution in [1.29, 1.82) is 5.41 Å². The Balaban J connectivity index is 0.00000480. The van der Waals surface area contributed by atoms with Crippen molar-refractivity contribution in [2.24, 2.45) is 9.98 Å². The summed E-state index contributed by atoms with van der Waals surface area (Å²) in [6.07, 6.45) is 2.91. The molecule has 0 unspecified atom stereocenters. The zero-order chi connectivity index (χ0) is 22.2. The van der Waals surface area contributed by atoms with E-state index in [-0.39, 0.29) is 64.5 Å². The standard InChI is InChI=1S/C19H15F6N3S2.ClH/c20-18(21,22)29-16-5-1-13(2-6-16)9-27-11-15(26)12-28-10-14-3-7-17(8-4-14)30-19(23,24)25;/h1-10,26H,11-12H2;1H. The predicted molar refractivity (Wildman–Crippen MR) is 117 cm³/mol. The Kier molecular flexibility index (Phi) is 10.6. The van der Waals surface area contributed by atoms with Crippen LogP contribution in [0.5, 0.6) is 0 Å². The summed E-state index contributed by atoms with van der Waals surface area (Å²) in [6, 6.07) is 11.4. The summed E-state index contributed by atoms with van der Waals surface area (Å²) in [7, 11) is 0. The molecule has 2 rings (SSSR count). The molecule has 0 aromatic heterocycles. The highest BCUT2D eigenvalue weighted by molar-refractivity contribution is 8.00. The molecule has 0 saturated carbocycles. The van der Waals surface area contributed by atoms with Crippen molar-refractivity contribution in [3.63, 3.8) is 0 Å². The minimum Gasteiger partial charge on any atom is -0.306 e. The summed E-state index contributed by atoms with van der Waals surface area (Å²) in [6.45, 7) is 0.134. The fraction of sp³-hybridized carbons (Fsp3) is 0.211. The molecule has 2 aromatic carbocycles. The Labute approximate surface area is 189 Å². The molecule has 0 aliphatic heterocycles. The normalized spacial score (nSPS) is 12.3. The second kappa shape index (κ2) is 12.2. The van der Waals surface area contributed by atoms with Crippen LogP contribution in [-0.4, -0.2) is 42.2 Å². The third kappa shape index (κ3) is 11.8. The monoisotopic (exact) mass is 499 g/mol. The van der Waals surface area contributed by atoms with Crippen LogP contribution in [-0.2, 0) is 0 Å². The Morgan fingerprint density at radius 1 is 0.710 bits per heavy atom. The third-order valence-electron chi connectivity index (χ3n) is 3.27. The highest BCUT2D eigenvalue weighted by atomic mass is 35.5. The third-order valence-corrected chi connectivity index (χ3v) is 4.75. The molecule has 12 heteroatoms. The molecule has 0 heterocycles.